The van der Waals surface area contributed by atoms with Crippen molar-refractivity contribution < 1.29 is 14.3 Å². The number of allylic oxidation sites excluding steroid dienone is 2. The quantitative estimate of drug-likeness (QED) is 0.566. The van der Waals surface area contributed by atoms with Crippen LogP contribution in [-0.2, 0) is 4.79 Å². The van der Waals surface area contributed by atoms with Crippen LogP contribution >= 0.6 is 0 Å². The number of carboxylic acid groups (broad SMARTS) is 1. The Morgan fingerprint density at radius 3 is 2.60 bits per heavy atom. The van der Waals surface area contributed by atoms with E-state index in [0.29, 0.717) is 6.42 Å². The fraction of sp³-hybridized carbons (Fsp3) is 0.571. The van der Waals surface area contributed by atoms with Crippen LogP contribution in [0.5, 0.6) is 0 Å². The average Bonchev–Trinajstić information content (AvgIpc) is 1.89. The Labute approximate surface area is 58.4 Å². The van der Waals surface area contributed by atoms with Crippen molar-refractivity contribution in [3.63, 3.8) is 0 Å². The van der Waals surface area contributed by atoms with Gasteiger partial charge in [-0.3, -0.25) is 0 Å². The van der Waals surface area contributed by atoms with E-state index in [1.165, 1.54) is 0 Å². The first-order valence-electron chi connectivity index (χ1n) is 3.22. The molecule has 1 aliphatic rings. The summed E-state index contributed by atoms with van der Waals surface area (Å²) >= 11 is 0. The number of halogens is 1. The molecule has 0 fully saturated rings. The van der Waals surface area contributed by atoms with Gasteiger partial charge in [0.05, 0.1) is 0 Å². The molecule has 56 valence electrons. The number of alkyl halides is 1. The molecule has 0 aromatic heterocycles. The number of rotatable bonds is 1. The lowest BCUT2D eigenvalue weighted by Gasteiger charge is -2.20. The molecule has 0 aromatic rings. The predicted octanol–water partition coefficient (Wildman–Crippen LogP) is 1.52. The number of hydrogen-bond acceptors (Lipinski definition) is 1. The molecule has 0 heterocycles. The highest BCUT2D eigenvalue weighted by molar-refractivity contribution is 5.77. The zero-order valence-corrected chi connectivity index (χ0v) is 5.51. The maximum Gasteiger partial charge on any atom is 0.341 e. The van der Waals surface area contributed by atoms with Gasteiger partial charge in [0.25, 0.3) is 0 Å². The van der Waals surface area contributed by atoms with Gasteiger partial charge in [0, 0.05) is 6.42 Å². The van der Waals surface area contributed by atoms with Gasteiger partial charge in [0.2, 0.25) is 5.67 Å². The number of aliphatic carboxylic acids is 1. The largest absolute Gasteiger partial charge is 0.479 e. The third kappa shape index (κ3) is 1.17. The van der Waals surface area contributed by atoms with Gasteiger partial charge in [-0.05, 0) is 12.8 Å². The summed E-state index contributed by atoms with van der Waals surface area (Å²) in [6.07, 6.45) is 4.04. The fourth-order valence-corrected chi connectivity index (χ4v) is 0.996. The molecule has 1 rings (SSSR count). The number of hydrogen-bond donors (Lipinski definition) is 1. The van der Waals surface area contributed by atoms with Crippen LogP contribution in [0, 0.1) is 0 Å². The third-order valence-electron chi connectivity index (χ3n) is 1.70. The minimum Gasteiger partial charge on any atom is -0.479 e. The van der Waals surface area contributed by atoms with Gasteiger partial charge in [0.15, 0.2) is 0 Å². The Morgan fingerprint density at radius 1 is 1.60 bits per heavy atom. The van der Waals surface area contributed by atoms with E-state index in [9.17, 15) is 9.18 Å². The second kappa shape index (κ2) is 2.40. The normalized spacial score (nSPS) is 32.1. The van der Waals surface area contributed by atoms with Gasteiger partial charge in [-0.1, -0.05) is 12.2 Å². The lowest BCUT2D eigenvalue weighted by atomic mass is 9.91. The summed E-state index contributed by atoms with van der Waals surface area (Å²) in [5, 5.41) is 8.39. The predicted molar refractivity (Wildman–Crippen MR) is 34.5 cm³/mol. The second-order valence-electron chi connectivity index (χ2n) is 2.48. The lowest BCUT2D eigenvalue weighted by Crippen LogP contribution is -2.34. The van der Waals surface area contributed by atoms with E-state index in [4.69, 9.17) is 5.11 Å². The van der Waals surface area contributed by atoms with Crippen LogP contribution < -0.4 is 0 Å². The Kier molecular flexibility index (Phi) is 1.74. The van der Waals surface area contributed by atoms with Crippen molar-refractivity contribution in [2.45, 2.75) is 24.9 Å². The number of carboxylic acids is 1. The van der Waals surface area contributed by atoms with Crippen molar-refractivity contribution in [3.8, 4) is 0 Å². The van der Waals surface area contributed by atoms with Crippen molar-refractivity contribution >= 4 is 5.97 Å². The monoisotopic (exact) mass is 144 g/mol. The molecule has 3 heteroatoms. The summed E-state index contributed by atoms with van der Waals surface area (Å²) in [5.41, 5.74) is -1.99. The fourth-order valence-electron chi connectivity index (χ4n) is 0.996. The maximum atomic E-state index is 13.0. The lowest BCUT2D eigenvalue weighted by molar-refractivity contribution is -0.151. The first-order valence-corrected chi connectivity index (χ1v) is 3.22. The molecule has 1 atom stereocenters. The SMILES string of the molecule is O=C(O)[C@@]1(F)CC=CCC1. The first kappa shape index (κ1) is 7.25. The Bertz CT molecular complexity index is 176. The molecular formula is C7H9FO2. The molecule has 0 aromatic carbocycles. The Balaban J connectivity index is 2.68. The van der Waals surface area contributed by atoms with Crippen molar-refractivity contribution in [1.82, 2.24) is 0 Å². The summed E-state index contributed by atoms with van der Waals surface area (Å²) in [5.74, 6) is -1.34. The minimum absolute atomic E-state index is 0.0162. The smallest absolute Gasteiger partial charge is 0.341 e. The minimum atomic E-state index is -1.99. The van der Waals surface area contributed by atoms with E-state index in [0.717, 1.165) is 0 Å². The topological polar surface area (TPSA) is 37.3 Å². The molecule has 0 bridgehead atoms. The highest BCUT2D eigenvalue weighted by Crippen LogP contribution is 2.27. The average molecular weight is 144 g/mol. The molecular weight excluding hydrogens is 135 g/mol. The standard InChI is InChI=1S/C7H9FO2/c8-7(6(9)10)4-2-1-3-5-7/h1-2H,3-5H2,(H,9,10)/t7-/m1/s1. The van der Waals surface area contributed by atoms with Crippen LogP contribution in [-0.4, -0.2) is 16.7 Å². The van der Waals surface area contributed by atoms with Crippen LogP contribution in [0.3, 0.4) is 0 Å². The van der Waals surface area contributed by atoms with Gasteiger partial charge in [-0.25, -0.2) is 9.18 Å². The molecule has 0 saturated carbocycles. The molecule has 0 spiro atoms. The molecule has 1 aliphatic carbocycles. The van der Waals surface area contributed by atoms with Gasteiger partial charge >= 0.3 is 5.97 Å². The van der Waals surface area contributed by atoms with Gasteiger partial charge in [-0.15, -0.1) is 0 Å². The van der Waals surface area contributed by atoms with E-state index in [2.05, 4.69) is 0 Å². The summed E-state index contributed by atoms with van der Waals surface area (Å²) in [6.45, 7) is 0. The molecule has 0 amide bonds. The molecule has 0 radical (unpaired) electrons. The zero-order valence-electron chi connectivity index (χ0n) is 5.51. The van der Waals surface area contributed by atoms with Crippen molar-refractivity contribution in [2.75, 3.05) is 0 Å². The molecule has 1 N–H and O–H groups in total. The van der Waals surface area contributed by atoms with Crippen molar-refractivity contribution in [2.24, 2.45) is 0 Å². The highest BCUT2D eigenvalue weighted by atomic mass is 19.1. The Morgan fingerprint density at radius 2 is 2.30 bits per heavy atom. The van der Waals surface area contributed by atoms with Crippen LogP contribution in [0.1, 0.15) is 19.3 Å². The summed E-state index contributed by atoms with van der Waals surface area (Å²) in [4.78, 5) is 10.3. The summed E-state index contributed by atoms with van der Waals surface area (Å²) < 4.78 is 13.0. The first-order chi connectivity index (χ1) is 4.65. The van der Waals surface area contributed by atoms with Crippen LogP contribution in [0.15, 0.2) is 12.2 Å². The third-order valence-corrected chi connectivity index (χ3v) is 1.70. The van der Waals surface area contributed by atoms with Gasteiger partial charge < -0.3 is 5.11 Å². The molecule has 0 aliphatic heterocycles. The maximum absolute atomic E-state index is 13.0. The second-order valence-corrected chi connectivity index (χ2v) is 2.48. The summed E-state index contributed by atoms with van der Waals surface area (Å²) in [7, 11) is 0. The van der Waals surface area contributed by atoms with E-state index < -0.39 is 11.6 Å². The van der Waals surface area contributed by atoms with Crippen LogP contribution in [0.4, 0.5) is 4.39 Å². The molecule has 0 saturated heterocycles. The zero-order chi connectivity index (χ0) is 7.61. The van der Waals surface area contributed by atoms with Gasteiger partial charge in [0.1, 0.15) is 0 Å². The molecule has 2 nitrogen and oxygen atoms in total. The van der Waals surface area contributed by atoms with E-state index >= 15 is 0 Å². The highest BCUT2D eigenvalue weighted by Gasteiger charge is 2.37. The van der Waals surface area contributed by atoms with Gasteiger partial charge in [-0.2, -0.15) is 0 Å². The van der Waals surface area contributed by atoms with E-state index in [1.807, 2.05) is 0 Å². The summed E-state index contributed by atoms with van der Waals surface area (Å²) in [6, 6.07) is 0. The van der Waals surface area contributed by atoms with E-state index in [1.54, 1.807) is 12.2 Å². The van der Waals surface area contributed by atoms with Crippen LogP contribution in [0.25, 0.3) is 0 Å². The van der Waals surface area contributed by atoms with Crippen LogP contribution in [0.2, 0.25) is 0 Å². The van der Waals surface area contributed by atoms with Crippen molar-refractivity contribution in [1.29, 1.82) is 0 Å². The van der Waals surface area contributed by atoms with E-state index in [-0.39, 0.29) is 12.8 Å². The Hall–Kier alpha value is -0.860. The molecule has 0 unspecified atom stereocenters. The molecule has 10 heavy (non-hydrogen) atoms. The number of carbonyl (C=O) groups is 1. The van der Waals surface area contributed by atoms with Crippen molar-refractivity contribution in [3.05, 3.63) is 12.2 Å².